The van der Waals surface area contributed by atoms with Crippen LogP contribution in [0.25, 0.3) is 16.7 Å². The van der Waals surface area contributed by atoms with Gasteiger partial charge in [-0.1, -0.05) is 0 Å². The van der Waals surface area contributed by atoms with Crippen LogP contribution in [-0.2, 0) is 7.05 Å². The minimum absolute atomic E-state index is 0.0625. The molecule has 0 radical (unpaired) electrons. The number of nitro benzene ring substituents is 1. The van der Waals surface area contributed by atoms with Crippen molar-refractivity contribution in [2.75, 3.05) is 0 Å². The Morgan fingerprint density at radius 1 is 1.14 bits per heavy atom. The number of aromatic nitrogens is 3. The Morgan fingerprint density at radius 2 is 1.77 bits per heavy atom. The molecule has 3 rings (SSSR count). The van der Waals surface area contributed by atoms with Crippen molar-refractivity contribution in [3.05, 3.63) is 54.8 Å². The SMILES string of the molecule is Cn1c2c([N+](=O)[O-])[se]nc2c(=O)n1-c1ccc([N+](=O)[O-])cc1. The summed E-state index contributed by atoms with van der Waals surface area (Å²) in [5.74, 6) is 0. The normalized spacial score (nSPS) is 11.0. The van der Waals surface area contributed by atoms with Gasteiger partial charge >= 0.3 is 127 Å². The molecule has 0 atom stereocenters. The fraction of sp³-hybridized carbons (Fsp3) is 0.0909. The molecule has 11 heteroatoms. The number of nitrogens with zero attached hydrogens (tertiary/aromatic N) is 5. The van der Waals surface area contributed by atoms with E-state index in [9.17, 15) is 25.0 Å². The van der Waals surface area contributed by atoms with Crippen LogP contribution in [0, 0.1) is 20.2 Å². The first-order valence-corrected chi connectivity index (χ1v) is 7.50. The van der Waals surface area contributed by atoms with Crippen molar-refractivity contribution >= 4 is 36.0 Å². The van der Waals surface area contributed by atoms with Gasteiger partial charge in [-0.05, 0) is 0 Å². The fourth-order valence-corrected chi connectivity index (χ4v) is 3.69. The van der Waals surface area contributed by atoms with Crippen molar-refractivity contribution in [3.63, 3.8) is 0 Å². The van der Waals surface area contributed by atoms with E-state index < -0.39 is 30.1 Å². The number of aryl methyl sites for hydroxylation is 1. The van der Waals surface area contributed by atoms with Gasteiger partial charge in [0.2, 0.25) is 0 Å². The quantitative estimate of drug-likeness (QED) is 0.378. The molecule has 0 saturated carbocycles. The van der Waals surface area contributed by atoms with Crippen LogP contribution in [0.4, 0.5) is 10.2 Å². The zero-order chi connectivity index (χ0) is 16.0. The fourth-order valence-electron chi connectivity index (χ4n) is 2.17. The van der Waals surface area contributed by atoms with Crippen LogP contribution in [0.5, 0.6) is 0 Å². The average Bonchev–Trinajstić information content (AvgIpc) is 3.01. The first-order valence-electron chi connectivity index (χ1n) is 5.88. The number of fused-ring (bicyclic) bond motifs is 1. The van der Waals surface area contributed by atoms with Gasteiger partial charge in [0.1, 0.15) is 0 Å². The van der Waals surface area contributed by atoms with Crippen molar-refractivity contribution < 1.29 is 9.85 Å². The van der Waals surface area contributed by atoms with Crippen molar-refractivity contribution in [3.8, 4) is 5.69 Å². The predicted molar refractivity (Wildman–Crippen MR) is 76.6 cm³/mol. The maximum absolute atomic E-state index is 12.4. The Balaban J connectivity index is 2.25. The predicted octanol–water partition coefficient (Wildman–Crippen LogP) is 0.598. The first kappa shape index (κ1) is 14.2. The summed E-state index contributed by atoms with van der Waals surface area (Å²) < 4.78 is 6.46. The van der Waals surface area contributed by atoms with Crippen LogP contribution < -0.4 is 5.56 Å². The molecule has 10 nitrogen and oxygen atoms in total. The summed E-state index contributed by atoms with van der Waals surface area (Å²) in [6, 6.07) is 5.34. The molecule has 0 N–H and O–H groups in total. The molecule has 112 valence electrons. The van der Waals surface area contributed by atoms with E-state index in [1.54, 1.807) is 0 Å². The van der Waals surface area contributed by atoms with Gasteiger partial charge in [0.25, 0.3) is 0 Å². The second kappa shape index (κ2) is 4.90. The molecule has 2 aromatic heterocycles. The average molecular weight is 368 g/mol. The van der Waals surface area contributed by atoms with E-state index in [-0.39, 0.29) is 21.3 Å². The number of hydrogen-bond acceptors (Lipinski definition) is 6. The van der Waals surface area contributed by atoms with Crippen LogP contribution in [-0.4, -0.2) is 37.9 Å². The summed E-state index contributed by atoms with van der Waals surface area (Å²) in [6.07, 6.45) is 0. The molecule has 0 aliphatic rings. The molecule has 3 aromatic rings. The van der Waals surface area contributed by atoms with Gasteiger partial charge in [0, 0.05) is 0 Å². The molecule has 1 aromatic carbocycles. The molecular weight excluding hydrogens is 361 g/mol. The zero-order valence-corrected chi connectivity index (χ0v) is 12.7. The second-order valence-electron chi connectivity index (χ2n) is 4.36. The molecule has 22 heavy (non-hydrogen) atoms. The maximum atomic E-state index is 12.4. The second-order valence-corrected chi connectivity index (χ2v) is 5.93. The van der Waals surface area contributed by atoms with Gasteiger partial charge in [0.05, 0.1) is 0 Å². The van der Waals surface area contributed by atoms with E-state index in [0.717, 1.165) is 0 Å². The van der Waals surface area contributed by atoms with Gasteiger partial charge in [-0.3, -0.25) is 0 Å². The third-order valence-electron chi connectivity index (χ3n) is 3.14. The van der Waals surface area contributed by atoms with Crippen LogP contribution in [0.1, 0.15) is 0 Å². The molecule has 0 saturated heterocycles. The van der Waals surface area contributed by atoms with Crippen molar-refractivity contribution in [2.24, 2.45) is 7.05 Å². The van der Waals surface area contributed by atoms with Crippen LogP contribution in [0.2, 0.25) is 0 Å². The van der Waals surface area contributed by atoms with E-state index >= 15 is 0 Å². The van der Waals surface area contributed by atoms with Gasteiger partial charge < -0.3 is 0 Å². The van der Waals surface area contributed by atoms with Crippen molar-refractivity contribution in [1.82, 2.24) is 13.3 Å². The van der Waals surface area contributed by atoms with Gasteiger partial charge in [0.15, 0.2) is 0 Å². The first-order chi connectivity index (χ1) is 10.4. The van der Waals surface area contributed by atoms with E-state index in [2.05, 4.69) is 3.98 Å². The van der Waals surface area contributed by atoms with Gasteiger partial charge in [-0.2, -0.15) is 0 Å². The summed E-state index contributed by atoms with van der Waals surface area (Å²) in [5.41, 5.74) is 0.0352. The standard InChI is InChI=1S/C11H7N5O5Se/c1-13-9-8(12-22-11(9)16(20)21)10(17)14(13)6-2-4-7(5-3-6)15(18)19/h2-5H,1H3. The molecular formula is C11H7N5O5Se. The monoisotopic (exact) mass is 369 g/mol. The Hall–Kier alpha value is -2.78. The molecule has 0 unspecified atom stereocenters. The summed E-state index contributed by atoms with van der Waals surface area (Å²) >= 11 is -0.723. The van der Waals surface area contributed by atoms with Gasteiger partial charge in [-0.25, -0.2) is 0 Å². The Labute approximate surface area is 127 Å². The summed E-state index contributed by atoms with van der Waals surface area (Å²) in [4.78, 5) is 32.9. The molecule has 0 fully saturated rings. The van der Waals surface area contributed by atoms with E-state index in [4.69, 9.17) is 0 Å². The molecule has 2 heterocycles. The summed E-state index contributed by atoms with van der Waals surface area (Å²) in [5, 5.41) is 21.7. The number of benzene rings is 1. The number of nitro groups is 2. The Kier molecular flexibility index (Phi) is 3.15. The Bertz CT molecular complexity index is 967. The van der Waals surface area contributed by atoms with E-state index in [1.807, 2.05) is 0 Å². The number of non-ortho nitro benzene ring substituents is 1. The molecule has 0 bridgehead atoms. The van der Waals surface area contributed by atoms with Crippen LogP contribution in [0.3, 0.4) is 0 Å². The molecule has 0 spiro atoms. The van der Waals surface area contributed by atoms with Gasteiger partial charge in [-0.15, -0.1) is 0 Å². The minimum atomic E-state index is -0.723. The van der Waals surface area contributed by atoms with E-state index in [1.165, 1.54) is 40.7 Å². The zero-order valence-electron chi connectivity index (χ0n) is 11.0. The molecule has 0 aliphatic carbocycles. The van der Waals surface area contributed by atoms with Crippen molar-refractivity contribution in [2.45, 2.75) is 0 Å². The van der Waals surface area contributed by atoms with Crippen LogP contribution in [0.15, 0.2) is 29.1 Å². The number of rotatable bonds is 3. The third-order valence-corrected chi connectivity index (χ3v) is 4.80. The molecule has 0 aliphatic heterocycles. The summed E-state index contributed by atoms with van der Waals surface area (Å²) in [7, 11) is 1.52. The van der Waals surface area contributed by atoms with Crippen LogP contribution >= 0.6 is 0 Å². The molecule has 0 amide bonds. The Morgan fingerprint density at radius 3 is 2.32 bits per heavy atom. The topological polar surface area (TPSA) is 126 Å². The number of hydrogen-bond donors (Lipinski definition) is 0. The summed E-state index contributed by atoms with van der Waals surface area (Å²) in [6.45, 7) is 0. The third kappa shape index (κ3) is 1.95. The van der Waals surface area contributed by atoms with Crippen molar-refractivity contribution in [1.29, 1.82) is 0 Å². The van der Waals surface area contributed by atoms with E-state index in [0.29, 0.717) is 5.69 Å².